The van der Waals surface area contributed by atoms with E-state index in [2.05, 4.69) is 27.9 Å². The first kappa shape index (κ1) is 18.9. The fourth-order valence-electron chi connectivity index (χ4n) is 2.19. The van der Waals surface area contributed by atoms with Crippen LogP contribution in [-0.2, 0) is 10.0 Å². The van der Waals surface area contributed by atoms with Crippen LogP contribution in [0.4, 0.5) is 5.69 Å². The summed E-state index contributed by atoms with van der Waals surface area (Å²) in [5, 5.41) is 2.80. The summed E-state index contributed by atoms with van der Waals surface area (Å²) >= 11 is 2.16. The molecule has 1 amide bonds. The van der Waals surface area contributed by atoms with E-state index >= 15 is 0 Å². The highest BCUT2D eigenvalue weighted by molar-refractivity contribution is 14.1. The predicted molar refractivity (Wildman–Crippen MR) is 104 cm³/mol. The van der Waals surface area contributed by atoms with Crippen LogP contribution in [0.1, 0.15) is 21.5 Å². The van der Waals surface area contributed by atoms with Gasteiger partial charge < -0.3 is 5.32 Å². The van der Waals surface area contributed by atoms with E-state index in [-0.39, 0.29) is 10.8 Å². The SMILES string of the molecule is Cc1cc(C(=O)Nc2cccc(I)c2)cc(S(=O)(=O)N(C)C)c1C. The molecule has 0 aliphatic heterocycles. The second-order valence-electron chi connectivity index (χ2n) is 5.67. The van der Waals surface area contributed by atoms with Crippen molar-refractivity contribution in [1.82, 2.24) is 4.31 Å². The Morgan fingerprint density at radius 3 is 2.38 bits per heavy atom. The van der Waals surface area contributed by atoms with Crippen LogP contribution in [0.3, 0.4) is 0 Å². The smallest absolute Gasteiger partial charge is 0.255 e. The third-order valence-corrected chi connectivity index (χ3v) is 6.34. The molecule has 2 aromatic carbocycles. The molecule has 2 aromatic rings. The van der Waals surface area contributed by atoms with Gasteiger partial charge in [0.25, 0.3) is 5.91 Å². The Morgan fingerprint density at radius 1 is 1.12 bits per heavy atom. The van der Waals surface area contributed by atoms with Gasteiger partial charge in [0.1, 0.15) is 0 Å². The fraction of sp³-hybridized carbons (Fsp3) is 0.235. The number of aryl methyl sites for hydroxylation is 1. The van der Waals surface area contributed by atoms with Gasteiger partial charge in [-0.1, -0.05) is 6.07 Å². The molecule has 0 saturated carbocycles. The van der Waals surface area contributed by atoms with E-state index in [0.29, 0.717) is 16.8 Å². The molecule has 0 fully saturated rings. The van der Waals surface area contributed by atoms with Crippen molar-refractivity contribution >= 4 is 44.2 Å². The van der Waals surface area contributed by atoms with Crippen molar-refractivity contribution < 1.29 is 13.2 Å². The molecule has 0 bridgehead atoms. The zero-order valence-corrected chi connectivity index (χ0v) is 16.9. The Morgan fingerprint density at radius 2 is 1.79 bits per heavy atom. The predicted octanol–water partition coefficient (Wildman–Crippen LogP) is 3.41. The van der Waals surface area contributed by atoms with Gasteiger partial charge in [0.05, 0.1) is 4.90 Å². The zero-order chi connectivity index (χ0) is 18.1. The number of halogens is 1. The lowest BCUT2D eigenvalue weighted by atomic mass is 10.1. The number of carbonyl (C=O) groups excluding carboxylic acids is 1. The standard InChI is InChI=1S/C17H19IN2O3S/c1-11-8-13(9-16(12(11)2)24(22,23)20(3)4)17(21)19-15-7-5-6-14(18)10-15/h5-10H,1-4H3,(H,19,21). The maximum absolute atomic E-state index is 12.5. The normalized spacial score (nSPS) is 11.6. The molecule has 1 N–H and O–H groups in total. The summed E-state index contributed by atoms with van der Waals surface area (Å²) in [7, 11) is -0.664. The van der Waals surface area contributed by atoms with E-state index in [1.807, 2.05) is 18.2 Å². The van der Waals surface area contributed by atoms with Gasteiger partial charge in [0, 0.05) is 28.9 Å². The molecule has 0 aliphatic rings. The number of hydrogen-bond acceptors (Lipinski definition) is 3. The molecule has 0 saturated heterocycles. The average Bonchev–Trinajstić information content (AvgIpc) is 2.49. The van der Waals surface area contributed by atoms with Crippen LogP contribution in [0.25, 0.3) is 0 Å². The monoisotopic (exact) mass is 458 g/mol. The van der Waals surface area contributed by atoms with Crippen molar-refractivity contribution in [3.8, 4) is 0 Å². The van der Waals surface area contributed by atoms with Gasteiger partial charge in [0.15, 0.2) is 0 Å². The van der Waals surface area contributed by atoms with Gasteiger partial charge in [-0.15, -0.1) is 0 Å². The van der Waals surface area contributed by atoms with Crippen LogP contribution < -0.4 is 5.32 Å². The van der Waals surface area contributed by atoms with Crippen molar-refractivity contribution in [1.29, 1.82) is 0 Å². The van der Waals surface area contributed by atoms with Gasteiger partial charge in [-0.25, -0.2) is 12.7 Å². The highest BCUT2D eigenvalue weighted by Gasteiger charge is 2.23. The number of rotatable bonds is 4. The van der Waals surface area contributed by atoms with Crippen LogP contribution in [0.5, 0.6) is 0 Å². The summed E-state index contributed by atoms with van der Waals surface area (Å²) in [6, 6.07) is 10.5. The number of amides is 1. The van der Waals surface area contributed by atoms with E-state index in [1.165, 1.54) is 20.2 Å². The molecule has 0 aromatic heterocycles. The van der Waals surface area contributed by atoms with Gasteiger partial charge in [0.2, 0.25) is 10.0 Å². The second-order valence-corrected chi connectivity index (χ2v) is 9.03. The Labute approximate surface area is 156 Å². The summed E-state index contributed by atoms with van der Waals surface area (Å²) in [5.41, 5.74) is 2.39. The Hall–Kier alpha value is -1.45. The number of carbonyl (C=O) groups is 1. The average molecular weight is 458 g/mol. The third kappa shape index (κ3) is 3.96. The molecule has 0 unspecified atom stereocenters. The van der Waals surface area contributed by atoms with Crippen molar-refractivity contribution in [3.63, 3.8) is 0 Å². The molecule has 128 valence electrons. The number of sulfonamides is 1. The molecule has 5 nitrogen and oxygen atoms in total. The highest BCUT2D eigenvalue weighted by atomic mass is 127. The summed E-state index contributed by atoms with van der Waals surface area (Å²) in [5.74, 6) is -0.338. The van der Waals surface area contributed by atoms with Crippen molar-refractivity contribution in [2.24, 2.45) is 0 Å². The summed E-state index contributed by atoms with van der Waals surface area (Å²) in [4.78, 5) is 12.7. The van der Waals surface area contributed by atoms with Crippen LogP contribution >= 0.6 is 22.6 Å². The summed E-state index contributed by atoms with van der Waals surface area (Å²) in [6.07, 6.45) is 0. The lowest BCUT2D eigenvalue weighted by molar-refractivity contribution is 0.102. The number of nitrogens with one attached hydrogen (secondary N) is 1. The maximum Gasteiger partial charge on any atom is 0.255 e. The maximum atomic E-state index is 12.5. The van der Waals surface area contributed by atoms with E-state index in [0.717, 1.165) is 13.4 Å². The molecule has 24 heavy (non-hydrogen) atoms. The minimum atomic E-state index is -3.61. The highest BCUT2D eigenvalue weighted by Crippen LogP contribution is 2.24. The first-order valence-corrected chi connectivity index (χ1v) is 9.75. The number of hydrogen-bond donors (Lipinski definition) is 1. The Balaban J connectivity index is 2.45. The second kappa shape index (κ2) is 7.20. The lowest BCUT2D eigenvalue weighted by Gasteiger charge is -2.16. The van der Waals surface area contributed by atoms with Crippen molar-refractivity contribution in [2.75, 3.05) is 19.4 Å². The molecule has 0 spiro atoms. The van der Waals surface area contributed by atoms with Crippen molar-refractivity contribution in [2.45, 2.75) is 18.7 Å². The number of nitrogens with zero attached hydrogens (tertiary/aromatic N) is 1. The number of anilines is 1. The minimum Gasteiger partial charge on any atom is -0.322 e. The van der Waals surface area contributed by atoms with E-state index in [4.69, 9.17) is 0 Å². The first-order valence-electron chi connectivity index (χ1n) is 7.23. The molecule has 0 atom stereocenters. The van der Waals surface area contributed by atoms with Crippen LogP contribution in [0.2, 0.25) is 0 Å². The third-order valence-electron chi connectivity index (χ3n) is 3.72. The first-order chi connectivity index (χ1) is 11.1. The molecular formula is C17H19IN2O3S. The fourth-order valence-corrected chi connectivity index (χ4v) is 3.95. The van der Waals surface area contributed by atoms with Gasteiger partial charge in [-0.05, 0) is 77.9 Å². The lowest BCUT2D eigenvalue weighted by Crippen LogP contribution is -2.24. The number of benzene rings is 2. The van der Waals surface area contributed by atoms with Gasteiger partial charge in [-0.3, -0.25) is 4.79 Å². The summed E-state index contributed by atoms with van der Waals surface area (Å²) in [6.45, 7) is 3.54. The van der Waals surface area contributed by atoms with Gasteiger partial charge >= 0.3 is 0 Å². The zero-order valence-electron chi connectivity index (χ0n) is 13.9. The molecular weight excluding hydrogens is 439 g/mol. The molecule has 0 radical (unpaired) electrons. The topological polar surface area (TPSA) is 66.5 Å². The van der Waals surface area contributed by atoms with E-state index in [1.54, 1.807) is 26.0 Å². The molecule has 0 heterocycles. The van der Waals surface area contributed by atoms with Crippen LogP contribution in [0.15, 0.2) is 41.3 Å². The van der Waals surface area contributed by atoms with Gasteiger partial charge in [-0.2, -0.15) is 0 Å². The Bertz CT molecular complexity index is 893. The van der Waals surface area contributed by atoms with Crippen molar-refractivity contribution in [3.05, 3.63) is 56.7 Å². The van der Waals surface area contributed by atoms with E-state index in [9.17, 15) is 13.2 Å². The largest absolute Gasteiger partial charge is 0.322 e. The summed E-state index contributed by atoms with van der Waals surface area (Å²) < 4.78 is 27.1. The Kier molecular flexibility index (Phi) is 5.67. The van der Waals surface area contributed by atoms with E-state index < -0.39 is 10.0 Å². The quantitative estimate of drug-likeness (QED) is 0.715. The molecule has 2 rings (SSSR count). The minimum absolute atomic E-state index is 0.153. The van der Waals surface area contributed by atoms with Crippen LogP contribution in [0, 0.1) is 17.4 Å². The molecule has 0 aliphatic carbocycles. The molecule has 7 heteroatoms. The van der Waals surface area contributed by atoms with Crippen LogP contribution in [-0.4, -0.2) is 32.7 Å².